The minimum atomic E-state index is -0.771. The van der Waals surface area contributed by atoms with Gasteiger partial charge in [0.2, 0.25) is 0 Å². The highest BCUT2D eigenvalue weighted by molar-refractivity contribution is 5.35. The summed E-state index contributed by atoms with van der Waals surface area (Å²) in [6.45, 7) is 16.9. The minimum Gasteiger partial charge on any atom is -0.389 e. The molecule has 7 atom stereocenters. The molecule has 5 heteroatoms. The minimum absolute atomic E-state index is 0.102. The van der Waals surface area contributed by atoms with Crippen molar-refractivity contribution in [3.8, 4) is 0 Å². The van der Waals surface area contributed by atoms with Crippen LogP contribution in [0.5, 0.6) is 0 Å². The molecule has 2 saturated heterocycles. The van der Waals surface area contributed by atoms with E-state index in [4.69, 9.17) is 14.2 Å². The van der Waals surface area contributed by atoms with Crippen LogP contribution in [0.2, 0.25) is 0 Å². The lowest BCUT2D eigenvalue weighted by molar-refractivity contribution is -0.145. The van der Waals surface area contributed by atoms with E-state index in [1.807, 2.05) is 21.0 Å². The Bertz CT molecular complexity index is 739. The zero-order valence-corrected chi connectivity index (χ0v) is 20.0. The standard InChI is InChI=1S/C25H41NO4/c1-15-9-12-25(6,27)23(3,4)20(15)21-22(30-19(29-21)13-26(7)8)24(5)11-10-18-17(14-28-18)16(24)2/h17-19,21-22,27H,2,9-14H2,1,3-8H3/t17-,18+,19+,21+,22+,24+,25-/m0/s1. The first-order valence-corrected chi connectivity index (χ1v) is 11.6. The Balaban J connectivity index is 1.73. The second-order valence-corrected chi connectivity index (χ2v) is 11.4. The number of allylic oxidation sites excluding steroid dienone is 1. The first kappa shape index (κ1) is 22.5. The van der Waals surface area contributed by atoms with Crippen LogP contribution in [0.15, 0.2) is 23.3 Å². The highest BCUT2D eigenvalue weighted by Gasteiger charge is 2.59. The van der Waals surface area contributed by atoms with Crippen molar-refractivity contribution < 1.29 is 19.3 Å². The Labute approximate surface area is 182 Å². The molecule has 3 fully saturated rings. The third-order valence-electron chi connectivity index (χ3n) is 8.83. The van der Waals surface area contributed by atoms with Crippen molar-refractivity contribution in [2.75, 3.05) is 27.2 Å². The molecule has 0 spiro atoms. The summed E-state index contributed by atoms with van der Waals surface area (Å²) in [6, 6.07) is 0. The Morgan fingerprint density at radius 2 is 1.83 bits per heavy atom. The molecule has 5 nitrogen and oxygen atoms in total. The lowest BCUT2D eigenvalue weighted by atomic mass is 9.57. The maximum atomic E-state index is 11.3. The van der Waals surface area contributed by atoms with Gasteiger partial charge in [-0.15, -0.1) is 0 Å². The molecule has 0 unspecified atom stereocenters. The Morgan fingerprint density at radius 3 is 2.43 bits per heavy atom. The topological polar surface area (TPSA) is 51.2 Å². The fourth-order valence-electron chi connectivity index (χ4n) is 6.18. The molecule has 1 saturated carbocycles. The molecule has 4 rings (SSSR count). The number of rotatable bonds is 4. The third-order valence-corrected chi connectivity index (χ3v) is 8.83. The van der Waals surface area contributed by atoms with Crippen LogP contribution in [-0.2, 0) is 14.2 Å². The highest BCUT2D eigenvalue weighted by Crippen LogP contribution is 2.57. The van der Waals surface area contributed by atoms with Crippen molar-refractivity contribution in [3.63, 3.8) is 0 Å². The van der Waals surface area contributed by atoms with Gasteiger partial charge in [-0.1, -0.05) is 38.5 Å². The molecular weight excluding hydrogens is 378 g/mol. The Hall–Kier alpha value is -0.720. The average molecular weight is 420 g/mol. The van der Waals surface area contributed by atoms with Crippen LogP contribution in [0.4, 0.5) is 0 Å². The number of aliphatic hydroxyl groups is 1. The van der Waals surface area contributed by atoms with Crippen molar-refractivity contribution >= 4 is 0 Å². The lowest BCUT2D eigenvalue weighted by Gasteiger charge is -2.54. The third kappa shape index (κ3) is 3.32. The predicted molar refractivity (Wildman–Crippen MR) is 118 cm³/mol. The highest BCUT2D eigenvalue weighted by atomic mass is 16.7. The van der Waals surface area contributed by atoms with Gasteiger partial charge in [0.1, 0.15) is 6.10 Å². The summed E-state index contributed by atoms with van der Waals surface area (Å²) in [7, 11) is 4.10. The molecule has 2 heterocycles. The maximum absolute atomic E-state index is 11.3. The van der Waals surface area contributed by atoms with Gasteiger partial charge in [-0.05, 0) is 59.2 Å². The SMILES string of the molecule is C=C1[C@@H]2CO[C@@H]2CC[C@@]1(C)[C@@H]1O[C@H](CN(C)C)O[C@@H]1C1=C(C)CC[C@](C)(O)C1(C)C. The predicted octanol–water partition coefficient (Wildman–Crippen LogP) is 3.92. The summed E-state index contributed by atoms with van der Waals surface area (Å²) in [5, 5.41) is 11.3. The maximum Gasteiger partial charge on any atom is 0.171 e. The van der Waals surface area contributed by atoms with E-state index >= 15 is 0 Å². The van der Waals surface area contributed by atoms with Gasteiger partial charge in [-0.25, -0.2) is 0 Å². The van der Waals surface area contributed by atoms with Crippen LogP contribution in [-0.4, -0.2) is 67.5 Å². The summed E-state index contributed by atoms with van der Waals surface area (Å²) in [4.78, 5) is 2.11. The fourth-order valence-corrected chi connectivity index (χ4v) is 6.18. The summed E-state index contributed by atoms with van der Waals surface area (Å²) in [6.07, 6.45) is 3.49. The van der Waals surface area contributed by atoms with Gasteiger partial charge in [-0.3, -0.25) is 0 Å². The van der Waals surface area contributed by atoms with Crippen molar-refractivity contribution in [1.82, 2.24) is 4.90 Å². The van der Waals surface area contributed by atoms with Crippen molar-refractivity contribution in [2.45, 2.75) is 90.5 Å². The van der Waals surface area contributed by atoms with Gasteiger partial charge in [-0.2, -0.15) is 0 Å². The molecule has 0 aromatic carbocycles. The van der Waals surface area contributed by atoms with Gasteiger partial charge >= 0.3 is 0 Å². The lowest BCUT2D eigenvalue weighted by Crippen LogP contribution is -2.56. The molecule has 0 aromatic heterocycles. The molecule has 2 aliphatic carbocycles. The smallest absolute Gasteiger partial charge is 0.171 e. The van der Waals surface area contributed by atoms with E-state index < -0.39 is 5.60 Å². The van der Waals surface area contributed by atoms with E-state index in [9.17, 15) is 5.11 Å². The molecule has 4 aliphatic rings. The number of hydrogen-bond acceptors (Lipinski definition) is 5. The molecule has 1 N–H and O–H groups in total. The van der Waals surface area contributed by atoms with Crippen LogP contribution in [0.3, 0.4) is 0 Å². The molecule has 0 aromatic rings. The second kappa shape index (κ2) is 7.41. The fraction of sp³-hybridized carbons (Fsp3) is 0.840. The zero-order valence-electron chi connectivity index (χ0n) is 20.0. The number of nitrogens with zero attached hydrogens (tertiary/aromatic N) is 1. The van der Waals surface area contributed by atoms with E-state index in [1.165, 1.54) is 16.7 Å². The van der Waals surface area contributed by atoms with Crippen molar-refractivity contribution in [1.29, 1.82) is 0 Å². The van der Waals surface area contributed by atoms with Crippen LogP contribution in [0, 0.1) is 16.7 Å². The first-order valence-electron chi connectivity index (χ1n) is 11.6. The molecular formula is C25H41NO4. The van der Waals surface area contributed by atoms with Crippen LogP contribution < -0.4 is 0 Å². The Kier molecular flexibility index (Phi) is 5.55. The van der Waals surface area contributed by atoms with E-state index in [1.54, 1.807) is 0 Å². The molecule has 30 heavy (non-hydrogen) atoms. The number of fused-ring (bicyclic) bond motifs is 1. The van der Waals surface area contributed by atoms with Gasteiger partial charge in [0, 0.05) is 23.3 Å². The normalized spacial score (nSPS) is 46.2. The average Bonchev–Trinajstić information content (AvgIpc) is 2.99. The summed E-state index contributed by atoms with van der Waals surface area (Å²) >= 11 is 0. The molecule has 170 valence electrons. The number of hydrogen-bond donors (Lipinski definition) is 1. The summed E-state index contributed by atoms with van der Waals surface area (Å²) in [5.41, 5.74) is 2.50. The van der Waals surface area contributed by atoms with E-state index in [2.05, 4.69) is 39.2 Å². The molecule has 0 bridgehead atoms. The quantitative estimate of drug-likeness (QED) is 0.700. The van der Waals surface area contributed by atoms with Crippen molar-refractivity contribution in [2.24, 2.45) is 16.7 Å². The summed E-state index contributed by atoms with van der Waals surface area (Å²) < 4.78 is 19.1. The van der Waals surface area contributed by atoms with Crippen LogP contribution >= 0.6 is 0 Å². The van der Waals surface area contributed by atoms with E-state index in [0.29, 0.717) is 18.6 Å². The summed E-state index contributed by atoms with van der Waals surface area (Å²) in [5.74, 6) is 0.429. The number of likely N-dealkylation sites (N-methyl/N-ethyl adjacent to an activating group) is 1. The van der Waals surface area contributed by atoms with Gasteiger partial charge in [0.05, 0.1) is 24.4 Å². The van der Waals surface area contributed by atoms with Gasteiger partial charge in [0.25, 0.3) is 0 Å². The van der Waals surface area contributed by atoms with Gasteiger partial charge in [0.15, 0.2) is 6.29 Å². The monoisotopic (exact) mass is 419 g/mol. The largest absolute Gasteiger partial charge is 0.389 e. The zero-order chi connectivity index (χ0) is 22.1. The first-order chi connectivity index (χ1) is 13.9. The second-order valence-electron chi connectivity index (χ2n) is 11.4. The van der Waals surface area contributed by atoms with Crippen LogP contribution in [0.1, 0.15) is 60.3 Å². The van der Waals surface area contributed by atoms with Crippen molar-refractivity contribution in [3.05, 3.63) is 23.3 Å². The van der Waals surface area contributed by atoms with Crippen LogP contribution in [0.25, 0.3) is 0 Å². The van der Waals surface area contributed by atoms with Gasteiger partial charge < -0.3 is 24.2 Å². The molecule has 2 aliphatic heterocycles. The molecule has 0 amide bonds. The Morgan fingerprint density at radius 1 is 1.13 bits per heavy atom. The number of ether oxygens (including phenoxy) is 3. The van der Waals surface area contributed by atoms with E-state index in [0.717, 1.165) is 32.3 Å². The van der Waals surface area contributed by atoms with E-state index in [-0.39, 0.29) is 29.3 Å². The molecule has 0 radical (unpaired) electrons.